The van der Waals surface area contributed by atoms with E-state index in [0.717, 1.165) is 0 Å². The molecule has 0 aliphatic carbocycles. The summed E-state index contributed by atoms with van der Waals surface area (Å²) in [5.74, 6) is -1.39. The number of hydrogen-bond acceptors (Lipinski definition) is 5. The molecule has 0 aromatic heterocycles. The molecule has 0 aromatic rings. The van der Waals surface area contributed by atoms with Gasteiger partial charge in [0.25, 0.3) is 0 Å². The van der Waals surface area contributed by atoms with Crippen molar-refractivity contribution in [2.75, 3.05) is 7.11 Å². The van der Waals surface area contributed by atoms with Crippen molar-refractivity contribution in [3.8, 4) is 0 Å². The zero-order valence-corrected chi connectivity index (χ0v) is 9.55. The zero-order chi connectivity index (χ0) is 11.6. The molecule has 0 fully saturated rings. The van der Waals surface area contributed by atoms with Gasteiger partial charge in [0.15, 0.2) is 0 Å². The molecule has 5 nitrogen and oxygen atoms in total. The Balaban J connectivity index is 2.88. The number of carbonyl (C=O) groups is 2. The number of nitrogens with one attached hydrogen (secondary N) is 1. The predicted molar refractivity (Wildman–Crippen MR) is 56.3 cm³/mol. The number of rotatable bonds is 2. The summed E-state index contributed by atoms with van der Waals surface area (Å²) < 4.78 is 3.97. The highest BCUT2D eigenvalue weighted by molar-refractivity contribution is 8.05. The maximum Gasteiger partial charge on any atom is 0.345 e. The highest BCUT2D eigenvalue weighted by Gasteiger charge is 2.40. The molecule has 0 saturated heterocycles. The molecule has 1 aliphatic heterocycles. The van der Waals surface area contributed by atoms with E-state index in [4.69, 9.17) is 5.11 Å². The Labute approximate surface area is 91.9 Å². The Morgan fingerprint density at radius 2 is 2.20 bits per heavy atom. The SMILES string of the molecule is COC(=O)C1=CN[C@@H](C(=O)O)C(C)(C)S1. The van der Waals surface area contributed by atoms with Crippen molar-refractivity contribution in [1.82, 2.24) is 5.32 Å². The van der Waals surface area contributed by atoms with Crippen LogP contribution in [0.25, 0.3) is 0 Å². The Bertz CT molecular complexity index is 324. The molecule has 1 aliphatic rings. The lowest BCUT2D eigenvalue weighted by Gasteiger charge is -2.34. The van der Waals surface area contributed by atoms with Crippen molar-refractivity contribution in [2.45, 2.75) is 24.6 Å². The summed E-state index contributed by atoms with van der Waals surface area (Å²) in [6, 6.07) is -0.712. The first-order chi connectivity index (χ1) is 6.88. The Morgan fingerprint density at radius 1 is 1.60 bits per heavy atom. The van der Waals surface area contributed by atoms with Gasteiger partial charge in [-0.1, -0.05) is 0 Å². The average Bonchev–Trinajstić information content (AvgIpc) is 2.14. The number of carboxylic acid groups (broad SMARTS) is 1. The van der Waals surface area contributed by atoms with Gasteiger partial charge >= 0.3 is 11.9 Å². The van der Waals surface area contributed by atoms with Gasteiger partial charge in [-0.25, -0.2) is 9.59 Å². The third kappa shape index (κ3) is 2.44. The summed E-state index contributed by atoms with van der Waals surface area (Å²) in [6.07, 6.45) is 1.39. The van der Waals surface area contributed by atoms with Crippen molar-refractivity contribution in [1.29, 1.82) is 0 Å². The number of ether oxygens (including phenoxy) is 1. The van der Waals surface area contributed by atoms with E-state index in [0.29, 0.717) is 4.91 Å². The number of aliphatic carboxylic acids is 1. The van der Waals surface area contributed by atoms with Crippen molar-refractivity contribution >= 4 is 23.7 Å². The van der Waals surface area contributed by atoms with Crippen LogP contribution in [0.1, 0.15) is 13.8 Å². The van der Waals surface area contributed by atoms with Crippen LogP contribution >= 0.6 is 11.8 Å². The van der Waals surface area contributed by atoms with Gasteiger partial charge in [0.1, 0.15) is 10.9 Å². The van der Waals surface area contributed by atoms with Gasteiger partial charge in [-0.3, -0.25) is 0 Å². The number of carboxylic acids is 1. The molecule has 0 bridgehead atoms. The molecule has 1 atom stereocenters. The van der Waals surface area contributed by atoms with Crippen LogP contribution in [0.2, 0.25) is 0 Å². The second kappa shape index (κ2) is 4.14. The van der Waals surface area contributed by atoms with E-state index in [1.54, 1.807) is 13.8 Å². The molecule has 84 valence electrons. The van der Waals surface area contributed by atoms with E-state index < -0.39 is 22.7 Å². The van der Waals surface area contributed by atoms with Gasteiger partial charge in [-0.2, -0.15) is 0 Å². The van der Waals surface area contributed by atoms with Gasteiger partial charge in [0.2, 0.25) is 0 Å². The largest absolute Gasteiger partial charge is 0.480 e. The van der Waals surface area contributed by atoms with Crippen LogP contribution in [0.15, 0.2) is 11.1 Å². The second-order valence-corrected chi connectivity index (χ2v) is 5.34. The second-order valence-electron chi connectivity index (χ2n) is 3.64. The third-order valence-corrected chi connectivity index (χ3v) is 3.35. The number of carbonyl (C=O) groups excluding carboxylic acids is 1. The first kappa shape index (κ1) is 11.9. The topological polar surface area (TPSA) is 75.6 Å². The van der Waals surface area contributed by atoms with Gasteiger partial charge in [0, 0.05) is 10.9 Å². The van der Waals surface area contributed by atoms with Crippen LogP contribution in [0.4, 0.5) is 0 Å². The van der Waals surface area contributed by atoms with E-state index in [9.17, 15) is 9.59 Å². The molecule has 0 aromatic carbocycles. The highest BCUT2D eigenvalue weighted by atomic mass is 32.2. The predicted octanol–water partition coefficient (Wildman–Crippen LogP) is 0.569. The molecule has 15 heavy (non-hydrogen) atoms. The fourth-order valence-electron chi connectivity index (χ4n) is 1.30. The van der Waals surface area contributed by atoms with E-state index in [-0.39, 0.29) is 0 Å². The first-order valence-electron chi connectivity index (χ1n) is 4.35. The minimum atomic E-state index is -0.937. The summed E-state index contributed by atoms with van der Waals surface area (Å²) in [6.45, 7) is 3.53. The third-order valence-electron chi connectivity index (χ3n) is 2.08. The molecule has 6 heteroatoms. The van der Waals surface area contributed by atoms with Crippen LogP contribution in [0, 0.1) is 0 Å². The molecule has 1 rings (SSSR count). The van der Waals surface area contributed by atoms with Crippen LogP contribution in [-0.2, 0) is 14.3 Å². The summed E-state index contributed by atoms with van der Waals surface area (Å²) in [5, 5.41) is 11.6. The van der Waals surface area contributed by atoms with Crippen LogP contribution < -0.4 is 5.32 Å². The molecule has 0 saturated carbocycles. The quantitative estimate of drug-likeness (QED) is 0.677. The maximum absolute atomic E-state index is 11.2. The lowest BCUT2D eigenvalue weighted by Crippen LogP contribution is -2.50. The van der Waals surface area contributed by atoms with Crippen LogP contribution in [0.3, 0.4) is 0 Å². The first-order valence-corrected chi connectivity index (χ1v) is 5.16. The van der Waals surface area contributed by atoms with Gasteiger partial charge in [-0.15, -0.1) is 11.8 Å². The zero-order valence-electron chi connectivity index (χ0n) is 8.73. The minimum absolute atomic E-state index is 0.389. The Hall–Kier alpha value is -1.17. The van der Waals surface area contributed by atoms with Crippen molar-refractivity contribution in [3.63, 3.8) is 0 Å². The molecule has 0 unspecified atom stereocenters. The molecular weight excluding hydrogens is 218 g/mol. The fourth-order valence-corrected chi connectivity index (χ4v) is 2.45. The van der Waals surface area contributed by atoms with E-state index in [1.165, 1.54) is 25.1 Å². The number of esters is 1. The lowest BCUT2D eigenvalue weighted by atomic mass is 10.0. The highest BCUT2D eigenvalue weighted by Crippen LogP contribution is 2.37. The van der Waals surface area contributed by atoms with Crippen molar-refractivity contribution < 1.29 is 19.4 Å². The van der Waals surface area contributed by atoms with Crippen molar-refractivity contribution in [3.05, 3.63) is 11.1 Å². The number of hydrogen-bond donors (Lipinski definition) is 2. The van der Waals surface area contributed by atoms with Crippen molar-refractivity contribution in [2.24, 2.45) is 0 Å². The van der Waals surface area contributed by atoms with E-state index in [2.05, 4.69) is 10.1 Å². The fraction of sp³-hybridized carbons (Fsp3) is 0.556. The number of methoxy groups -OCH3 is 1. The Kier molecular flexibility index (Phi) is 3.28. The number of thioether (sulfide) groups is 1. The van der Waals surface area contributed by atoms with Gasteiger partial charge in [-0.05, 0) is 13.8 Å². The lowest BCUT2D eigenvalue weighted by molar-refractivity contribution is -0.140. The monoisotopic (exact) mass is 231 g/mol. The van der Waals surface area contributed by atoms with E-state index >= 15 is 0 Å². The molecule has 0 radical (unpaired) electrons. The molecule has 0 amide bonds. The molecule has 0 spiro atoms. The summed E-state index contributed by atoms with van der Waals surface area (Å²) in [4.78, 5) is 22.5. The maximum atomic E-state index is 11.2. The molecule has 2 N–H and O–H groups in total. The molecule has 1 heterocycles. The normalized spacial score (nSPS) is 23.7. The van der Waals surface area contributed by atoms with Crippen LogP contribution in [0.5, 0.6) is 0 Å². The van der Waals surface area contributed by atoms with Crippen LogP contribution in [-0.4, -0.2) is 34.9 Å². The molecular formula is C9H13NO4S. The minimum Gasteiger partial charge on any atom is -0.480 e. The average molecular weight is 231 g/mol. The van der Waals surface area contributed by atoms with Gasteiger partial charge < -0.3 is 15.2 Å². The smallest absolute Gasteiger partial charge is 0.345 e. The summed E-state index contributed by atoms with van der Waals surface area (Å²) in [7, 11) is 1.29. The summed E-state index contributed by atoms with van der Waals surface area (Å²) in [5.41, 5.74) is 0. The summed E-state index contributed by atoms with van der Waals surface area (Å²) >= 11 is 1.20. The standard InChI is InChI=1S/C9H13NO4S/c1-9(2)6(7(11)12)10-4-5(15-9)8(13)14-3/h4,6,10H,1-3H3,(H,11,12)/t6-/m0/s1. The van der Waals surface area contributed by atoms with Gasteiger partial charge in [0.05, 0.1) is 7.11 Å². The van der Waals surface area contributed by atoms with E-state index in [1.807, 2.05) is 0 Å². The Morgan fingerprint density at radius 3 is 2.60 bits per heavy atom.